The second-order valence-electron chi connectivity index (χ2n) is 12.3. The minimum absolute atomic E-state index is 0.0494. The van der Waals surface area contributed by atoms with Crippen LogP contribution in [0.15, 0.2) is 66.7 Å². The van der Waals surface area contributed by atoms with Gasteiger partial charge in [-0.15, -0.1) is 0 Å². The first kappa shape index (κ1) is 44.8. The van der Waals surface area contributed by atoms with Gasteiger partial charge in [-0.2, -0.15) is 57.1 Å². The van der Waals surface area contributed by atoms with Crippen molar-refractivity contribution >= 4 is 11.9 Å². The maximum absolute atomic E-state index is 14.7. The lowest BCUT2D eigenvalue weighted by molar-refractivity contribution is -0.440. The molecule has 5 nitrogen and oxygen atoms in total. The molecule has 0 radical (unpaired) electrons. The maximum atomic E-state index is 14.7. The first-order valence-electron chi connectivity index (χ1n) is 16.3. The van der Waals surface area contributed by atoms with E-state index in [1.54, 1.807) is 6.92 Å². The third kappa shape index (κ3) is 9.81. The summed E-state index contributed by atoms with van der Waals surface area (Å²) in [5, 5.41) is 0. The van der Waals surface area contributed by atoms with Crippen molar-refractivity contribution in [2.75, 3.05) is 6.61 Å². The molecule has 0 bridgehead atoms. The highest BCUT2D eigenvalue weighted by Gasteiger charge is 2.90. The van der Waals surface area contributed by atoms with Crippen LogP contribution in [0.25, 0.3) is 11.1 Å². The zero-order valence-corrected chi connectivity index (χ0v) is 28.7. The van der Waals surface area contributed by atoms with Gasteiger partial charge in [0.1, 0.15) is 5.75 Å². The molecule has 0 heterocycles. The highest BCUT2D eigenvalue weighted by Crippen LogP contribution is 2.60. The first-order chi connectivity index (χ1) is 25.3. The minimum atomic E-state index is -7.98. The molecule has 0 amide bonds. The number of halogens is 14. The lowest BCUT2D eigenvalue weighted by atomic mass is 9.93. The highest BCUT2D eigenvalue weighted by atomic mass is 19.4. The minimum Gasteiger partial charge on any atom is -0.493 e. The van der Waals surface area contributed by atoms with Crippen molar-refractivity contribution in [3.8, 4) is 22.6 Å². The molecule has 0 N–H and O–H groups in total. The van der Waals surface area contributed by atoms with Crippen LogP contribution in [0.1, 0.15) is 73.1 Å². The van der Waals surface area contributed by atoms with E-state index in [2.05, 4.69) is 6.92 Å². The molecule has 55 heavy (non-hydrogen) atoms. The first-order valence-corrected chi connectivity index (χ1v) is 16.3. The number of unbranched alkanes of at least 4 members (excludes halogenated alkanes) is 3. The van der Waals surface area contributed by atoms with Crippen molar-refractivity contribution in [3.63, 3.8) is 0 Å². The Balaban J connectivity index is 1.59. The third-order valence-corrected chi connectivity index (χ3v) is 8.13. The van der Waals surface area contributed by atoms with Crippen LogP contribution in [0.5, 0.6) is 11.5 Å². The second kappa shape index (κ2) is 17.1. The molecule has 0 saturated heterocycles. The Bertz CT molecular complexity index is 1760. The third-order valence-electron chi connectivity index (χ3n) is 8.13. The quantitative estimate of drug-likeness (QED) is 0.0554. The molecule has 3 rings (SSSR count). The predicted octanol–water partition coefficient (Wildman–Crippen LogP) is 11.7. The number of hydrogen-bond donors (Lipinski definition) is 0. The van der Waals surface area contributed by atoms with Crippen LogP contribution >= 0.6 is 0 Å². The maximum Gasteiger partial charge on any atom is 0.460 e. The van der Waals surface area contributed by atoms with Crippen LogP contribution in [-0.4, -0.2) is 60.4 Å². The highest BCUT2D eigenvalue weighted by molar-refractivity contribution is 5.92. The normalized spacial score (nSPS) is 13.7. The van der Waals surface area contributed by atoms with Crippen LogP contribution in [0.4, 0.5) is 61.5 Å². The standard InChI is InChI=1S/C36H32F14O5/c1-3-4-5-6-7-21(2)54-30(52)25-14-17-28(27(37)20-25)55-29(51)24-10-8-22(9-11-24)23-12-15-26(16-13-23)53-19-18-31(38,39)32(40,41)33(42,43)34(44,45)35(46,47)36(48,49)50/h8-17,20-21H,3-7,18-19H2,1-2H3/t21-/m0/s1. The van der Waals surface area contributed by atoms with E-state index in [1.807, 2.05) is 0 Å². The SMILES string of the molecule is CCCCCC[C@H](C)OC(=O)c1ccc(OC(=O)c2ccc(-c3ccc(OCCC(F)(F)C(F)(F)C(F)(F)C(F)(F)C(F)(F)C(F)(F)F)cc3)cc2)c(F)c1. The van der Waals surface area contributed by atoms with Gasteiger partial charge in [-0.1, -0.05) is 50.5 Å². The van der Waals surface area contributed by atoms with Crippen LogP contribution < -0.4 is 9.47 Å². The fraction of sp³-hybridized carbons (Fsp3) is 0.444. The van der Waals surface area contributed by atoms with E-state index in [9.17, 15) is 71.1 Å². The molecule has 0 spiro atoms. The summed E-state index contributed by atoms with van der Waals surface area (Å²) in [7, 11) is 0. The van der Waals surface area contributed by atoms with Gasteiger partial charge in [0, 0.05) is 0 Å². The number of hydrogen-bond acceptors (Lipinski definition) is 5. The van der Waals surface area contributed by atoms with Gasteiger partial charge in [-0.05, 0) is 73.4 Å². The Hall–Kier alpha value is -4.58. The molecular weight excluding hydrogens is 778 g/mol. The Kier molecular flexibility index (Phi) is 13.9. The second-order valence-corrected chi connectivity index (χ2v) is 12.3. The fourth-order valence-corrected chi connectivity index (χ4v) is 4.84. The Morgan fingerprint density at radius 3 is 1.69 bits per heavy atom. The Labute approximate surface area is 304 Å². The topological polar surface area (TPSA) is 61.8 Å². The van der Waals surface area contributed by atoms with E-state index in [0.29, 0.717) is 17.5 Å². The van der Waals surface area contributed by atoms with Gasteiger partial charge in [0.15, 0.2) is 11.6 Å². The summed E-state index contributed by atoms with van der Waals surface area (Å²) in [5.41, 5.74) is 0.622. The molecular formula is C36H32F14O5. The number of carbonyl (C=O) groups excluding carboxylic acids is 2. The molecule has 3 aromatic carbocycles. The van der Waals surface area contributed by atoms with Gasteiger partial charge in [0.25, 0.3) is 0 Å². The number of benzene rings is 3. The van der Waals surface area contributed by atoms with E-state index >= 15 is 0 Å². The van der Waals surface area contributed by atoms with Crippen LogP contribution in [0, 0.1) is 5.82 Å². The molecule has 0 aliphatic heterocycles. The van der Waals surface area contributed by atoms with E-state index < -0.39 is 78.4 Å². The van der Waals surface area contributed by atoms with Crippen LogP contribution in [0.2, 0.25) is 0 Å². The smallest absolute Gasteiger partial charge is 0.460 e. The number of rotatable bonds is 18. The van der Waals surface area contributed by atoms with Gasteiger partial charge in [0.05, 0.1) is 30.3 Å². The summed E-state index contributed by atoms with van der Waals surface area (Å²) in [6.07, 6.45) is -5.81. The predicted molar refractivity (Wildman–Crippen MR) is 168 cm³/mol. The van der Waals surface area contributed by atoms with Gasteiger partial charge < -0.3 is 14.2 Å². The van der Waals surface area contributed by atoms with Gasteiger partial charge in [-0.3, -0.25) is 0 Å². The molecule has 19 heteroatoms. The molecule has 0 aliphatic carbocycles. The van der Waals surface area contributed by atoms with Crippen molar-refractivity contribution in [1.29, 1.82) is 0 Å². The zero-order chi connectivity index (χ0) is 41.6. The monoisotopic (exact) mass is 810 g/mol. The molecule has 0 aromatic heterocycles. The van der Waals surface area contributed by atoms with Crippen LogP contribution in [-0.2, 0) is 4.74 Å². The van der Waals surface area contributed by atoms with Crippen LogP contribution in [0.3, 0.4) is 0 Å². The number of esters is 2. The number of carbonyl (C=O) groups is 2. The zero-order valence-electron chi connectivity index (χ0n) is 28.7. The summed E-state index contributed by atoms with van der Waals surface area (Å²) in [6, 6.07) is 13.1. The van der Waals surface area contributed by atoms with Crippen molar-refractivity contribution in [2.24, 2.45) is 0 Å². The lowest BCUT2D eigenvalue weighted by Crippen LogP contribution is -2.70. The summed E-state index contributed by atoms with van der Waals surface area (Å²) in [6.45, 7) is 2.17. The van der Waals surface area contributed by atoms with E-state index in [1.165, 1.54) is 42.5 Å². The van der Waals surface area contributed by atoms with Gasteiger partial charge in [0.2, 0.25) is 0 Å². The van der Waals surface area contributed by atoms with Gasteiger partial charge in [-0.25, -0.2) is 14.0 Å². The molecule has 304 valence electrons. The van der Waals surface area contributed by atoms with Crippen molar-refractivity contribution in [1.82, 2.24) is 0 Å². The molecule has 3 aromatic rings. The van der Waals surface area contributed by atoms with E-state index in [-0.39, 0.29) is 16.9 Å². The van der Waals surface area contributed by atoms with E-state index in [0.717, 1.165) is 49.9 Å². The molecule has 0 unspecified atom stereocenters. The number of ether oxygens (including phenoxy) is 3. The Morgan fingerprint density at radius 2 is 1.16 bits per heavy atom. The molecule has 0 saturated carbocycles. The summed E-state index contributed by atoms with van der Waals surface area (Å²) < 4.78 is 203. The summed E-state index contributed by atoms with van der Waals surface area (Å²) >= 11 is 0. The Morgan fingerprint density at radius 1 is 0.636 bits per heavy atom. The van der Waals surface area contributed by atoms with Crippen molar-refractivity contribution < 1.29 is 85.3 Å². The lowest BCUT2D eigenvalue weighted by Gasteiger charge is -2.39. The molecule has 0 fully saturated rings. The average Bonchev–Trinajstić information content (AvgIpc) is 3.10. The van der Waals surface area contributed by atoms with E-state index in [4.69, 9.17) is 14.2 Å². The molecule has 0 aliphatic rings. The fourth-order valence-electron chi connectivity index (χ4n) is 4.84. The summed E-state index contributed by atoms with van der Waals surface area (Å²) in [5.74, 6) is -40.9. The van der Waals surface area contributed by atoms with Crippen molar-refractivity contribution in [2.45, 2.75) is 94.3 Å². The van der Waals surface area contributed by atoms with Crippen molar-refractivity contribution in [3.05, 3.63) is 83.7 Å². The largest absolute Gasteiger partial charge is 0.493 e. The average molecular weight is 811 g/mol. The molecule has 1 atom stereocenters. The number of alkyl halides is 13. The van der Waals surface area contributed by atoms with Gasteiger partial charge >= 0.3 is 47.7 Å². The summed E-state index contributed by atoms with van der Waals surface area (Å²) in [4.78, 5) is 25.0.